The van der Waals surface area contributed by atoms with E-state index in [9.17, 15) is 9.59 Å². The van der Waals surface area contributed by atoms with E-state index >= 15 is 0 Å². The molecule has 2 N–H and O–H groups in total. The number of nitrogens with zero attached hydrogens (tertiary/aromatic N) is 2. The van der Waals surface area contributed by atoms with Crippen LogP contribution in [-0.2, 0) is 4.79 Å². The van der Waals surface area contributed by atoms with Gasteiger partial charge in [0.05, 0.1) is 26.3 Å². The molecular weight excluding hydrogens is 360 g/mol. The summed E-state index contributed by atoms with van der Waals surface area (Å²) in [6.45, 7) is 7.30. The Hall–Kier alpha value is -2.25. The van der Waals surface area contributed by atoms with Gasteiger partial charge in [-0.25, -0.2) is 4.98 Å². The number of carbonyl (C=O) groups is 2. The van der Waals surface area contributed by atoms with Crippen LogP contribution in [0.25, 0.3) is 0 Å². The van der Waals surface area contributed by atoms with E-state index < -0.39 is 0 Å². The molecule has 0 unspecified atom stereocenters. The van der Waals surface area contributed by atoms with Crippen molar-refractivity contribution in [3.63, 3.8) is 0 Å². The molecule has 0 atom stereocenters. The number of rotatable bonds is 8. The first-order chi connectivity index (χ1) is 12.8. The third-order valence-electron chi connectivity index (χ3n) is 4.38. The first kappa shape index (κ1) is 21.1. The molecule has 0 bridgehead atoms. The average Bonchev–Trinajstić information content (AvgIpc) is 2.90. The van der Waals surface area contributed by atoms with Crippen molar-refractivity contribution < 1.29 is 14.5 Å². The standard InChI is InChI=1S/C20H28N4O2S/c1-14-9-6-7-10-17(14)19(26)24(12-8-11-23(4)5)13-18(25)22-20-21-15(2)16(3)27-20/h6-7,9-10H,8,11-13H2,1-5H3,(H,21,22,25)/p+1. The van der Waals surface area contributed by atoms with Crippen LogP contribution in [0.5, 0.6) is 0 Å². The van der Waals surface area contributed by atoms with Gasteiger partial charge >= 0.3 is 0 Å². The molecule has 0 aliphatic carbocycles. The number of nitrogens with one attached hydrogen (secondary N) is 2. The highest BCUT2D eigenvalue weighted by Crippen LogP contribution is 2.21. The molecule has 2 amide bonds. The van der Waals surface area contributed by atoms with Crippen LogP contribution in [0.15, 0.2) is 24.3 Å². The van der Waals surface area contributed by atoms with E-state index in [0.717, 1.165) is 29.1 Å². The van der Waals surface area contributed by atoms with Crippen LogP contribution < -0.4 is 10.2 Å². The van der Waals surface area contributed by atoms with E-state index in [0.29, 0.717) is 17.2 Å². The molecular formula is C20H29N4O2S+. The molecule has 0 fully saturated rings. The highest BCUT2D eigenvalue weighted by Gasteiger charge is 2.21. The van der Waals surface area contributed by atoms with Gasteiger partial charge in [0.25, 0.3) is 5.91 Å². The number of carbonyl (C=O) groups excluding carboxylic acids is 2. The Morgan fingerprint density at radius 2 is 1.89 bits per heavy atom. The zero-order valence-electron chi connectivity index (χ0n) is 16.8. The quantitative estimate of drug-likeness (QED) is 0.722. The van der Waals surface area contributed by atoms with Crippen LogP contribution in [0.1, 0.15) is 32.9 Å². The predicted molar refractivity (Wildman–Crippen MR) is 110 cm³/mol. The minimum atomic E-state index is -0.220. The zero-order valence-corrected chi connectivity index (χ0v) is 17.6. The van der Waals surface area contributed by atoms with E-state index in [1.807, 2.05) is 45.0 Å². The van der Waals surface area contributed by atoms with Gasteiger partial charge in [-0.2, -0.15) is 0 Å². The summed E-state index contributed by atoms with van der Waals surface area (Å²) in [6.07, 6.45) is 0.836. The van der Waals surface area contributed by atoms with Crippen LogP contribution >= 0.6 is 11.3 Å². The molecule has 27 heavy (non-hydrogen) atoms. The average molecular weight is 390 g/mol. The summed E-state index contributed by atoms with van der Waals surface area (Å²) in [4.78, 5) is 33.9. The van der Waals surface area contributed by atoms with Gasteiger partial charge in [-0.3, -0.25) is 9.59 Å². The fourth-order valence-electron chi connectivity index (χ4n) is 2.72. The fourth-order valence-corrected chi connectivity index (χ4v) is 3.55. The number of benzene rings is 1. The molecule has 0 aliphatic heterocycles. The van der Waals surface area contributed by atoms with Crippen LogP contribution in [0, 0.1) is 20.8 Å². The summed E-state index contributed by atoms with van der Waals surface area (Å²) in [5.41, 5.74) is 2.47. The molecule has 146 valence electrons. The second-order valence-corrected chi connectivity index (χ2v) is 8.26. The van der Waals surface area contributed by atoms with Gasteiger partial charge in [-0.05, 0) is 32.4 Å². The number of quaternary nitrogens is 1. The second-order valence-electron chi connectivity index (χ2n) is 7.06. The first-order valence-corrected chi connectivity index (χ1v) is 9.97. The Bertz CT molecular complexity index is 782. The molecule has 1 aromatic carbocycles. The molecule has 1 heterocycles. The van der Waals surface area contributed by atoms with Crippen LogP contribution in [0.4, 0.5) is 5.13 Å². The Kier molecular flexibility index (Phi) is 7.50. The summed E-state index contributed by atoms with van der Waals surface area (Å²) in [5, 5.41) is 3.40. The van der Waals surface area contributed by atoms with Gasteiger partial charge in [0, 0.05) is 23.4 Å². The number of aromatic nitrogens is 1. The molecule has 0 radical (unpaired) electrons. The third-order valence-corrected chi connectivity index (χ3v) is 5.37. The van der Waals surface area contributed by atoms with Crippen LogP contribution in [0.3, 0.4) is 0 Å². The molecule has 0 saturated heterocycles. The lowest BCUT2D eigenvalue weighted by atomic mass is 10.1. The van der Waals surface area contributed by atoms with Gasteiger partial charge in [-0.1, -0.05) is 18.2 Å². The number of aryl methyl sites for hydroxylation is 3. The van der Waals surface area contributed by atoms with E-state index in [1.165, 1.54) is 16.2 Å². The first-order valence-electron chi connectivity index (χ1n) is 9.15. The van der Waals surface area contributed by atoms with Crippen molar-refractivity contribution >= 4 is 28.3 Å². The molecule has 6 nitrogen and oxygen atoms in total. The van der Waals surface area contributed by atoms with Crippen molar-refractivity contribution in [2.24, 2.45) is 0 Å². The van der Waals surface area contributed by atoms with Gasteiger partial charge in [-0.15, -0.1) is 11.3 Å². The highest BCUT2D eigenvalue weighted by atomic mass is 32.1. The molecule has 1 aromatic heterocycles. The van der Waals surface area contributed by atoms with Crippen molar-refractivity contribution in [3.8, 4) is 0 Å². The summed E-state index contributed by atoms with van der Waals surface area (Å²) in [7, 11) is 4.15. The lowest BCUT2D eigenvalue weighted by Crippen LogP contribution is -3.05. The van der Waals surface area contributed by atoms with Gasteiger partial charge in [0.2, 0.25) is 5.91 Å². The highest BCUT2D eigenvalue weighted by molar-refractivity contribution is 7.15. The maximum Gasteiger partial charge on any atom is 0.254 e. The molecule has 7 heteroatoms. The van der Waals surface area contributed by atoms with Crippen molar-refractivity contribution in [2.75, 3.05) is 39.0 Å². The zero-order chi connectivity index (χ0) is 20.0. The maximum atomic E-state index is 13.0. The summed E-state index contributed by atoms with van der Waals surface area (Å²) in [6, 6.07) is 7.49. The van der Waals surface area contributed by atoms with Crippen molar-refractivity contribution in [1.29, 1.82) is 0 Å². The van der Waals surface area contributed by atoms with Crippen molar-refractivity contribution in [2.45, 2.75) is 27.2 Å². The Morgan fingerprint density at radius 3 is 2.48 bits per heavy atom. The lowest BCUT2D eigenvalue weighted by molar-refractivity contribution is -0.858. The minimum absolute atomic E-state index is 0.0214. The maximum absolute atomic E-state index is 13.0. The molecule has 2 aromatic rings. The summed E-state index contributed by atoms with van der Waals surface area (Å²) >= 11 is 1.45. The lowest BCUT2D eigenvalue weighted by Gasteiger charge is -2.23. The second kappa shape index (κ2) is 9.62. The van der Waals surface area contributed by atoms with Gasteiger partial charge in [0.1, 0.15) is 6.54 Å². The Labute approximate surface area is 165 Å². The predicted octanol–water partition coefficient (Wildman–Crippen LogP) is 1.68. The monoisotopic (exact) mass is 389 g/mol. The topological polar surface area (TPSA) is 66.7 Å². The van der Waals surface area contributed by atoms with E-state index in [-0.39, 0.29) is 18.4 Å². The Morgan fingerprint density at radius 1 is 1.19 bits per heavy atom. The third kappa shape index (κ3) is 6.15. The summed E-state index contributed by atoms with van der Waals surface area (Å²) < 4.78 is 0. The van der Waals surface area contributed by atoms with Crippen LogP contribution in [-0.4, -0.2) is 55.4 Å². The minimum Gasteiger partial charge on any atom is -0.340 e. The van der Waals surface area contributed by atoms with E-state index in [1.54, 1.807) is 4.90 Å². The van der Waals surface area contributed by atoms with E-state index in [2.05, 4.69) is 24.4 Å². The Balaban J connectivity index is 2.10. The summed E-state index contributed by atoms with van der Waals surface area (Å²) in [5.74, 6) is -0.327. The normalized spacial score (nSPS) is 10.9. The van der Waals surface area contributed by atoms with Crippen molar-refractivity contribution in [1.82, 2.24) is 9.88 Å². The SMILES string of the molecule is Cc1ccccc1C(=O)N(CCC[NH+](C)C)CC(=O)Nc1nc(C)c(C)s1. The molecule has 0 saturated carbocycles. The largest absolute Gasteiger partial charge is 0.340 e. The fraction of sp³-hybridized carbons (Fsp3) is 0.450. The smallest absolute Gasteiger partial charge is 0.254 e. The van der Waals surface area contributed by atoms with Crippen molar-refractivity contribution in [3.05, 3.63) is 46.0 Å². The van der Waals surface area contributed by atoms with Crippen LogP contribution in [0.2, 0.25) is 0 Å². The number of amides is 2. The number of anilines is 1. The number of thiazole rings is 1. The number of hydrogen-bond acceptors (Lipinski definition) is 4. The van der Waals surface area contributed by atoms with Gasteiger partial charge < -0.3 is 15.1 Å². The molecule has 0 aliphatic rings. The molecule has 0 spiro atoms. The van der Waals surface area contributed by atoms with E-state index in [4.69, 9.17) is 0 Å². The molecule has 2 rings (SSSR count). The number of hydrogen-bond donors (Lipinski definition) is 2. The van der Waals surface area contributed by atoms with Gasteiger partial charge in [0.15, 0.2) is 5.13 Å².